The summed E-state index contributed by atoms with van der Waals surface area (Å²) in [7, 11) is 0. The SMILES string of the molecule is NNc1cc(N2CCOCC2)ccn1. The van der Waals surface area contributed by atoms with Crippen molar-refractivity contribution in [3.05, 3.63) is 18.3 Å². The van der Waals surface area contributed by atoms with Gasteiger partial charge < -0.3 is 15.1 Å². The smallest absolute Gasteiger partial charge is 0.141 e. The van der Waals surface area contributed by atoms with Gasteiger partial charge in [-0.3, -0.25) is 0 Å². The number of hydrogen-bond donors (Lipinski definition) is 2. The monoisotopic (exact) mass is 194 g/mol. The van der Waals surface area contributed by atoms with Gasteiger partial charge in [0.05, 0.1) is 13.2 Å². The van der Waals surface area contributed by atoms with E-state index >= 15 is 0 Å². The van der Waals surface area contributed by atoms with Crippen molar-refractivity contribution in [2.45, 2.75) is 0 Å². The maximum Gasteiger partial charge on any atom is 0.141 e. The van der Waals surface area contributed by atoms with Crippen molar-refractivity contribution in [2.24, 2.45) is 5.84 Å². The van der Waals surface area contributed by atoms with Crippen molar-refractivity contribution in [1.82, 2.24) is 4.98 Å². The number of morpholine rings is 1. The molecule has 1 aromatic heterocycles. The molecule has 1 aliphatic heterocycles. The number of rotatable bonds is 2. The molecule has 0 saturated carbocycles. The number of ether oxygens (including phenoxy) is 1. The number of hydrazine groups is 1. The molecule has 2 rings (SSSR count). The van der Waals surface area contributed by atoms with Crippen molar-refractivity contribution in [3.8, 4) is 0 Å². The van der Waals surface area contributed by atoms with Crippen LogP contribution in [-0.4, -0.2) is 31.3 Å². The van der Waals surface area contributed by atoms with Crippen LogP contribution in [0.15, 0.2) is 18.3 Å². The molecule has 1 saturated heterocycles. The van der Waals surface area contributed by atoms with Gasteiger partial charge in [-0.05, 0) is 6.07 Å². The number of nitrogens with one attached hydrogen (secondary N) is 1. The topological polar surface area (TPSA) is 63.4 Å². The molecule has 1 fully saturated rings. The maximum absolute atomic E-state index is 5.29. The zero-order chi connectivity index (χ0) is 9.80. The Kier molecular flexibility index (Phi) is 2.81. The van der Waals surface area contributed by atoms with E-state index < -0.39 is 0 Å². The van der Waals surface area contributed by atoms with Gasteiger partial charge in [-0.2, -0.15) is 0 Å². The summed E-state index contributed by atoms with van der Waals surface area (Å²) in [6, 6.07) is 3.91. The highest BCUT2D eigenvalue weighted by Gasteiger charge is 2.11. The van der Waals surface area contributed by atoms with E-state index in [1.807, 2.05) is 12.1 Å². The van der Waals surface area contributed by atoms with Crippen LogP contribution in [0.4, 0.5) is 11.5 Å². The zero-order valence-electron chi connectivity index (χ0n) is 7.94. The third-order valence-electron chi connectivity index (χ3n) is 2.27. The number of nitrogens with zero attached hydrogens (tertiary/aromatic N) is 2. The number of aromatic nitrogens is 1. The summed E-state index contributed by atoms with van der Waals surface area (Å²) in [5, 5.41) is 0. The van der Waals surface area contributed by atoms with Crippen LogP contribution < -0.4 is 16.2 Å². The molecule has 5 heteroatoms. The fourth-order valence-corrected chi connectivity index (χ4v) is 1.52. The maximum atomic E-state index is 5.29. The first-order chi connectivity index (χ1) is 6.90. The summed E-state index contributed by atoms with van der Waals surface area (Å²) in [5.74, 6) is 5.98. The predicted octanol–water partition coefficient (Wildman–Crippen LogP) is 0.204. The molecule has 1 aliphatic rings. The average molecular weight is 194 g/mol. The molecule has 0 bridgehead atoms. The molecule has 76 valence electrons. The summed E-state index contributed by atoms with van der Waals surface area (Å²) in [6.45, 7) is 3.42. The Balaban J connectivity index is 2.13. The molecule has 0 aromatic carbocycles. The van der Waals surface area contributed by atoms with Crippen LogP contribution in [0.5, 0.6) is 0 Å². The Morgan fingerprint density at radius 2 is 2.21 bits per heavy atom. The third-order valence-corrected chi connectivity index (χ3v) is 2.27. The lowest BCUT2D eigenvalue weighted by Crippen LogP contribution is -2.36. The normalized spacial score (nSPS) is 16.8. The third kappa shape index (κ3) is 1.94. The van der Waals surface area contributed by atoms with E-state index in [0.29, 0.717) is 5.82 Å². The Hall–Kier alpha value is -1.33. The zero-order valence-corrected chi connectivity index (χ0v) is 7.94. The van der Waals surface area contributed by atoms with Crippen LogP contribution >= 0.6 is 0 Å². The lowest BCUT2D eigenvalue weighted by atomic mass is 10.3. The van der Waals surface area contributed by atoms with Crippen LogP contribution in [0.2, 0.25) is 0 Å². The summed E-state index contributed by atoms with van der Waals surface area (Å²) in [4.78, 5) is 6.31. The summed E-state index contributed by atoms with van der Waals surface area (Å²) in [6.07, 6.45) is 1.75. The van der Waals surface area contributed by atoms with Crippen molar-refractivity contribution in [3.63, 3.8) is 0 Å². The molecular formula is C9H14N4O. The van der Waals surface area contributed by atoms with Crippen LogP contribution in [0.3, 0.4) is 0 Å². The van der Waals surface area contributed by atoms with Crippen molar-refractivity contribution < 1.29 is 4.74 Å². The number of anilines is 2. The van der Waals surface area contributed by atoms with Crippen LogP contribution in [-0.2, 0) is 4.74 Å². The highest BCUT2D eigenvalue weighted by atomic mass is 16.5. The fraction of sp³-hybridized carbons (Fsp3) is 0.444. The van der Waals surface area contributed by atoms with Gasteiger partial charge in [0.15, 0.2) is 0 Å². The molecule has 5 nitrogen and oxygen atoms in total. The Morgan fingerprint density at radius 1 is 1.43 bits per heavy atom. The Labute approximate surface area is 82.8 Å². The first kappa shape index (κ1) is 9.23. The number of nitrogens with two attached hydrogens (primary N) is 1. The van der Waals surface area contributed by atoms with Gasteiger partial charge in [-0.1, -0.05) is 0 Å². The highest BCUT2D eigenvalue weighted by Crippen LogP contribution is 2.17. The first-order valence-electron chi connectivity index (χ1n) is 4.65. The second kappa shape index (κ2) is 4.26. The van der Waals surface area contributed by atoms with Crippen LogP contribution in [0.1, 0.15) is 0 Å². The second-order valence-electron chi connectivity index (χ2n) is 3.14. The van der Waals surface area contributed by atoms with Gasteiger partial charge in [-0.25, -0.2) is 10.8 Å². The summed E-state index contributed by atoms with van der Waals surface area (Å²) >= 11 is 0. The van der Waals surface area contributed by atoms with E-state index in [9.17, 15) is 0 Å². The van der Waals surface area contributed by atoms with Gasteiger partial charge in [0, 0.05) is 31.0 Å². The first-order valence-corrected chi connectivity index (χ1v) is 4.65. The molecule has 14 heavy (non-hydrogen) atoms. The predicted molar refractivity (Wildman–Crippen MR) is 55.1 cm³/mol. The largest absolute Gasteiger partial charge is 0.378 e. The van der Waals surface area contributed by atoms with E-state index in [1.165, 1.54) is 0 Å². The molecule has 0 atom stereocenters. The quantitative estimate of drug-likeness (QED) is 0.520. The van der Waals surface area contributed by atoms with E-state index in [0.717, 1.165) is 32.0 Å². The fourth-order valence-electron chi connectivity index (χ4n) is 1.52. The standard InChI is InChI=1S/C9H14N4O/c10-12-9-7-8(1-2-11-9)13-3-5-14-6-4-13/h1-2,7H,3-6,10H2,(H,11,12). The van der Waals surface area contributed by atoms with Gasteiger partial charge in [0.1, 0.15) is 5.82 Å². The van der Waals surface area contributed by atoms with Crippen LogP contribution in [0, 0.1) is 0 Å². The summed E-state index contributed by atoms with van der Waals surface area (Å²) < 4.78 is 5.28. The minimum atomic E-state index is 0.689. The second-order valence-corrected chi connectivity index (χ2v) is 3.14. The minimum Gasteiger partial charge on any atom is -0.378 e. The van der Waals surface area contributed by atoms with Gasteiger partial charge >= 0.3 is 0 Å². The van der Waals surface area contributed by atoms with E-state index in [1.54, 1.807) is 6.20 Å². The number of pyridine rings is 1. The Bertz CT molecular complexity index is 299. The van der Waals surface area contributed by atoms with E-state index in [-0.39, 0.29) is 0 Å². The van der Waals surface area contributed by atoms with Gasteiger partial charge in [0.25, 0.3) is 0 Å². The minimum absolute atomic E-state index is 0.689. The molecule has 1 aromatic rings. The van der Waals surface area contributed by atoms with Gasteiger partial charge in [0.2, 0.25) is 0 Å². The van der Waals surface area contributed by atoms with Crippen molar-refractivity contribution >= 4 is 11.5 Å². The van der Waals surface area contributed by atoms with Crippen molar-refractivity contribution in [2.75, 3.05) is 36.6 Å². The molecule has 0 amide bonds. The molecular weight excluding hydrogens is 180 g/mol. The van der Waals surface area contributed by atoms with E-state index in [4.69, 9.17) is 10.6 Å². The number of nitrogen functional groups attached to an aromatic ring is 1. The average Bonchev–Trinajstić information content (AvgIpc) is 2.30. The lowest BCUT2D eigenvalue weighted by Gasteiger charge is -2.28. The Morgan fingerprint density at radius 3 is 2.93 bits per heavy atom. The molecule has 0 aliphatic carbocycles. The number of hydrogen-bond acceptors (Lipinski definition) is 5. The lowest BCUT2D eigenvalue weighted by molar-refractivity contribution is 0.122. The van der Waals surface area contributed by atoms with E-state index in [2.05, 4.69) is 15.3 Å². The summed E-state index contributed by atoms with van der Waals surface area (Å²) in [5.41, 5.74) is 3.67. The molecule has 0 unspecified atom stereocenters. The van der Waals surface area contributed by atoms with Gasteiger partial charge in [-0.15, -0.1) is 0 Å². The molecule has 0 spiro atoms. The van der Waals surface area contributed by atoms with Crippen LogP contribution in [0.25, 0.3) is 0 Å². The highest BCUT2D eigenvalue weighted by molar-refractivity contribution is 5.53. The molecule has 2 heterocycles. The van der Waals surface area contributed by atoms with Crippen molar-refractivity contribution in [1.29, 1.82) is 0 Å². The molecule has 3 N–H and O–H groups in total. The molecule has 0 radical (unpaired) electrons.